The number of esters is 1. The van der Waals surface area contributed by atoms with Crippen LogP contribution in [0.1, 0.15) is 42.2 Å². The van der Waals surface area contributed by atoms with Gasteiger partial charge in [-0.05, 0) is 63.1 Å². The summed E-state index contributed by atoms with van der Waals surface area (Å²) >= 11 is 6.11. The quantitative estimate of drug-likeness (QED) is 0.460. The number of halogens is 1. The maximum absolute atomic E-state index is 13.2. The normalized spacial score (nSPS) is 13.9. The SMILES string of the molecule is CCOC(=O)COc1ccc(-n2nc(C(=O)NN3CCCCC3)c(C)c2-c2ccc(Cl)cc2)cc1. The van der Waals surface area contributed by atoms with Crippen molar-refractivity contribution < 1.29 is 19.1 Å². The lowest BCUT2D eigenvalue weighted by atomic mass is 10.1. The molecule has 1 fully saturated rings. The number of carbonyl (C=O) groups is 2. The first kappa shape index (κ1) is 24.8. The minimum Gasteiger partial charge on any atom is -0.482 e. The van der Waals surface area contributed by atoms with Gasteiger partial charge in [0.25, 0.3) is 5.91 Å². The van der Waals surface area contributed by atoms with Crippen LogP contribution in [0.3, 0.4) is 0 Å². The summed E-state index contributed by atoms with van der Waals surface area (Å²) in [4.78, 5) is 24.7. The third kappa shape index (κ3) is 6.01. The molecule has 4 rings (SSSR count). The molecule has 0 saturated carbocycles. The fourth-order valence-electron chi connectivity index (χ4n) is 4.08. The Hall–Kier alpha value is -3.36. The van der Waals surface area contributed by atoms with Gasteiger partial charge in [-0.25, -0.2) is 14.5 Å². The topological polar surface area (TPSA) is 85.7 Å². The lowest BCUT2D eigenvalue weighted by Gasteiger charge is -2.26. The van der Waals surface area contributed by atoms with Crippen LogP contribution < -0.4 is 10.2 Å². The molecule has 1 aliphatic rings. The molecule has 0 spiro atoms. The second-order valence-corrected chi connectivity index (χ2v) is 8.75. The number of carbonyl (C=O) groups excluding carboxylic acids is 2. The largest absolute Gasteiger partial charge is 0.482 e. The summed E-state index contributed by atoms with van der Waals surface area (Å²) < 4.78 is 12.1. The predicted octanol–water partition coefficient (Wildman–Crippen LogP) is 4.57. The molecule has 0 radical (unpaired) electrons. The van der Waals surface area contributed by atoms with Gasteiger partial charge in [-0.1, -0.05) is 30.2 Å². The van der Waals surface area contributed by atoms with Crippen molar-refractivity contribution in [3.05, 3.63) is 64.8 Å². The van der Waals surface area contributed by atoms with Crippen LogP contribution in [0, 0.1) is 6.92 Å². The number of nitrogens with one attached hydrogen (secondary N) is 1. The van der Waals surface area contributed by atoms with Gasteiger partial charge in [0.05, 0.1) is 18.0 Å². The van der Waals surface area contributed by atoms with Gasteiger partial charge in [-0.2, -0.15) is 5.10 Å². The highest BCUT2D eigenvalue weighted by Gasteiger charge is 2.24. The Bertz CT molecular complexity index is 1170. The summed E-state index contributed by atoms with van der Waals surface area (Å²) in [6, 6.07) is 14.6. The number of piperidine rings is 1. The van der Waals surface area contributed by atoms with Gasteiger partial charge < -0.3 is 9.47 Å². The van der Waals surface area contributed by atoms with Crippen molar-refractivity contribution in [2.24, 2.45) is 0 Å². The van der Waals surface area contributed by atoms with E-state index in [1.165, 1.54) is 6.42 Å². The van der Waals surface area contributed by atoms with E-state index in [1.807, 2.05) is 48.3 Å². The monoisotopic (exact) mass is 496 g/mol. The van der Waals surface area contributed by atoms with Gasteiger partial charge in [0.15, 0.2) is 12.3 Å². The molecule has 0 aliphatic carbocycles. The summed E-state index contributed by atoms with van der Waals surface area (Å²) in [5, 5.41) is 7.29. The van der Waals surface area contributed by atoms with Crippen LogP contribution in [0.4, 0.5) is 0 Å². The first-order chi connectivity index (χ1) is 17.0. The molecule has 1 saturated heterocycles. The lowest BCUT2D eigenvalue weighted by Crippen LogP contribution is -2.45. The highest BCUT2D eigenvalue weighted by molar-refractivity contribution is 6.30. The van der Waals surface area contributed by atoms with Crippen LogP contribution in [0.5, 0.6) is 5.75 Å². The van der Waals surface area contributed by atoms with Gasteiger partial charge in [0.2, 0.25) is 0 Å². The number of aromatic nitrogens is 2. The number of hydrogen-bond donors (Lipinski definition) is 1. The van der Waals surface area contributed by atoms with Crippen molar-refractivity contribution in [3.63, 3.8) is 0 Å². The number of rotatable bonds is 8. The number of ether oxygens (including phenoxy) is 2. The molecule has 2 aromatic carbocycles. The molecule has 1 N–H and O–H groups in total. The fraction of sp³-hybridized carbons (Fsp3) is 0.346. The molecule has 35 heavy (non-hydrogen) atoms. The lowest BCUT2D eigenvalue weighted by molar-refractivity contribution is -0.145. The van der Waals surface area contributed by atoms with E-state index in [0.29, 0.717) is 23.1 Å². The van der Waals surface area contributed by atoms with Crippen LogP contribution in [-0.4, -0.2) is 53.0 Å². The number of hydrazine groups is 1. The van der Waals surface area contributed by atoms with E-state index in [1.54, 1.807) is 23.7 Å². The Kier molecular flexibility index (Phi) is 8.05. The summed E-state index contributed by atoms with van der Waals surface area (Å²) in [6.45, 7) is 5.46. The number of amides is 1. The van der Waals surface area contributed by atoms with Gasteiger partial charge >= 0.3 is 5.97 Å². The van der Waals surface area contributed by atoms with Crippen molar-refractivity contribution in [2.75, 3.05) is 26.3 Å². The molecule has 0 unspecified atom stereocenters. The van der Waals surface area contributed by atoms with Crippen LogP contribution in [0.2, 0.25) is 5.02 Å². The van der Waals surface area contributed by atoms with Crippen LogP contribution in [-0.2, 0) is 9.53 Å². The summed E-state index contributed by atoms with van der Waals surface area (Å²) in [5.41, 5.74) is 6.57. The van der Waals surface area contributed by atoms with Crippen molar-refractivity contribution in [2.45, 2.75) is 33.1 Å². The zero-order valence-electron chi connectivity index (χ0n) is 19.9. The standard InChI is InChI=1S/C26H29ClN4O4/c1-3-34-23(32)17-35-22-13-11-21(12-14-22)31-25(19-7-9-20(27)10-8-19)18(2)24(28-31)26(33)29-30-15-5-4-6-16-30/h7-14H,3-6,15-17H2,1-2H3,(H,29,33). The molecule has 3 aromatic rings. The third-order valence-corrected chi connectivity index (χ3v) is 6.07. The third-order valence-electron chi connectivity index (χ3n) is 5.81. The number of nitrogens with zero attached hydrogens (tertiary/aromatic N) is 3. The molecule has 1 amide bonds. The zero-order chi connectivity index (χ0) is 24.8. The average molecular weight is 497 g/mol. The van der Waals surface area contributed by atoms with Crippen LogP contribution >= 0.6 is 11.6 Å². The highest BCUT2D eigenvalue weighted by atomic mass is 35.5. The van der Waals surface area contributed by atoms with Crippen molar-refractivity contribution in [1.29, 1.82) is 0 Å². The van der Waals surface area contributed by atoms with Crippen LogP contribution in [0.25, 0.3) is 16.9 Å². The Morgan fingerprint density at radius 2 is 1.71 bits per heavy atom. The van der Waals surface area contributed by atoms with Crippen LogP contribution in [0.15, 0.2) is 48.5 Å². The van der Waals surface area contributed by atoms with Gasteiger partial charge in [0, 0.05) is 29.2 Å². The first-order valence-electron chi connectivity index (χ1n) is 11.8. The second kappa shape index (κ2) is 11.4. The fourth-order valence-corrected chi connectivity index (χ4v) is 4.20. The molecule has 0 atom stereocenters. The van der Waals surface area contributed by atoms with E-state index in [9.17, 15) is 9.59 Å². The van der Waals surface area contributed by atoms with E-state index in [4.69, 9.17) is 26.2 Å². The number of benzene rings is 2. The summed E-state index contributed by atoms with van der Waals surface area (Å²) in [7, 11) is 0. The van der Waals surface area contributed by atoms with E-state index in [2.05, 4.69) is 5.43 Å². The van der Waals surface area contributed by atoms with E-state index < -0.39 is 5.97 Å². The zero-order valence-corrected chi connectivity index (χ0v) is 20.7. The maximum Gasteiger partial charge on any atom is 0.344 e. The Morgan fingerprint density at radius 3 is 2.37 bits per heavy atom. The van der Waals surface area contributed by atoms with E-state index >= 15 is 0 Å². The Morgan fingerprint density at radius 1 is 1.03 bits per heavy atom. The maximum atomic E-state index is 13.2. The molecule has 1 aliphatic heterocycles. The minimum absolute atomic E-state index is 0.162. The van der Waals surface area contributed by atoms with Gasteiger partial charge in [-0.3, -0.25) is 10.2 Å². The van der Waals surface area contributed by atoms with E-state index in [-0.39, 0.29) is 12.5 Å². The Labute approximate surface area is 209 Å². The number of hydrogen-bond acceptors (Lipinski definition) is 6. The second-order valence-electron chi connectivity index (χ2n) is 8.32. The summed E-state index contributed by atoms with van der Waals surface area (Å²) in [6.07, 6.45) is 3.31. The molecule has 8 nitrogen and oxygen atoms in total. The average Bonchev–Trinajstić information content (AvgIpc) is 3.21. The molecular weight excluding hydrogens is 468 g/mol. The van der Waals surface area contributed by atoms with Crippen molar-refractivity contribution >= 4 is 23.5 Å². The molecule has 0 bridgehead atoms. The Balaban J connectivity index is 1.64. The molecular formula is C26H29ClN4O4. The van der Waals surface area contributed by atoms with E-state index in [0.717, 1.165) is 48.4 Å². The molecule has 9 heteroatoms. The smallest absolute Gasteiger partial charge is 0.344 e. The van der Waals surface area contributed by atoms with Gasteiger partial charge in [-0.15, -0.1) is 0 Å². The molecule has 2 heterocycles. The molecule has 1 aromatic heterocycles. The first-order valence-corrected chi connectivity index (χ1v) is 12.1. The highest BCUT2D eigenvalue weighted by Crippen LogP contribution is 2.30. The minimum atomic E-state index is -0.423. The summed E-state index contributed by atoms with van der Waals surface area (Å²) in [5.74, 6) is -0.122. The van der Waals surface area contributed by atoms with Crippen molar-refractivity contribution in [1.82, 2.24) is 20.2 Å². The van der Waals surface area contributed by atoms with Gasteiger partial charge in [0.1, 0.15) is 5.75 Å². The predicted molar refractivity (Wildman–Crippen MR) is 134 cm³/mol. The molecule has 184 valence electrons. The van der Waals surface area contributed by atoms with Crippen molar-refractivity contribution in [3.8, 4) is 22.7 Å².